The molecule has 3 aromatic rings. The van der Waals surface area contributed by atoms with E-state index in [1.165, 1.54) is 24.3 Å². The van der Waals surface area contributed by atoms with E-state index in [1.807, 2.05) is 32.0 Å². The molecule has 3 rings (SSSR count). The number of benzene rings is 1. The van der Waals surface area contributed by atoms with Crippen LogP contribution in [0.3, 0.4) is 0 Å². The zero-order valence-corrected chi connectivity index (χ0v) is 16.5. The second-order valence-corrected chi connectivity index (χ2v) is 7.41. The number of H-pyrrole nitrogens is 1. The van der Waals surface area contributed by atoms with Gasteiger partial charge in [0.2, 0.25) is 5.91 Å². The van der Waals surface area contributed by atoms with Crippen LogP contribution >= 0.6 is 11.3 Å². The highest BCUT2D eigenvalue weighted by Crippen LogP contribution is 2.25. The molecule has 1 amide bonds. The third kappa shape index (κ3) is 4.34. The van der Waals surface area contributed by atoms with E-state index in [9.17, 15) is 14.4 Å². The van der Waals surface area contributed by atoms with Crippen molar-refractivity contribution >= 4 is 39.5 Å². The number of aromatic nitrogens is 2. The van der Waals surface area contributed by atoms with Crippen LogP contribution < -0.4 is 10.9 Å². The molecule has 2 aromatic heterocycles. The summed E-state index contributed by atoms with van der Waals surface area (Å²) < 4.78 is 5.25. The molecule has 2 N–H and O–H groups in total. The molecule has 0 saturated carbocycles. The lowest BCUT2D eigenvalue weighted by Crippen LogP contribution is -2.26. The van der Waals surface area contributed by atoms with E-state index in [-0.39, 0.29) is 23.7 Å². The molecule has 0 atom stereocenters. The number of aromatic amines is 1. The van der Waals surface area contributed by atoms with Crippen LogP contribution in [0.2, 0.25) is 0 Å². The van der Waals surface area contributed by atoms with E-state index in [0.717, 1.165) is 16.0 Å². The van der Waals surface area contributed by atoms with Crippen LogP contribution in [0.5, 0.6) is 0 Å². The average Bonchev–Trinajstić information content (AvgIpc) is 2.94. The summed E-state index contributed by atoms with van der Waals surface area (Å²) in [6.45, 7) is 4.89. The SMILES string of the molecule is CC(=O)N/C(=C\c1ccccc1)C(=O)OCc1nc2sc(C)c(C)c2c(=O)[nH]1. The van der Waals surface area contributed by atoms with Crippen molar-refractivity contribution in [2.24, 2.45) is 0 Å². The fourth-order valence-electron chi connectivity index (χ4n) is 2.63. The first-order valence-electron chi connectivity index (χ1n) is 8.55. The van der Waals surface area contributed by atoms with Gasteiger partial charge in [0, 0.05) is 11.8 Å². The lowest BCUT2D eigenvalue weighted by molar-refractivity contribution is -0.141. The molecule has 2 heterocycles. The van der Waals surface area contributed by atoms with Gasteiger partial charge in [-0.25, -0.2) is 9.78 Å². The molecule has 0 radical (unpaired) electrons. The molecule has 0 spiro atoms. The number of aryl methyl sites for hydroxylation is 2. The Morgan fingerprint density at radius 1 is 1.25 bits per heavy atom. The maximum Gasteiger partial charge on any atom is 0.355 e. The minimum absolute atomic E-state index is 0.00457. The quantitative estimate of drug-likeness (QED) is 0.509. The van der Waals surface area contributed by atoms with E-state index in [1.54, 1.807) is 12.1 Å². The van der Waals surface area contributed by atoms with Gasteiger partial charge in [-0.15, -0.1) is 11.3 Å². The molecule has 144 valence electrons. The van der Waals surface area contributed by atoms with Crippen molar-refractivity contribution < 1.29 is 14.3 Å². The maximum absolute atomic E-state index is 12.4. The van der Waals surface area contributed by atoms with E-state index < -0.39 is 11.9 Å². The average molecular weight is 397 g/mol. The normalized spacial score (nSPS) is 11.5. The molecule has 0 fully saturated rings. The largest absolute Gasteiger partial charge is 0.453 e. The van der Waals surface area contributed by atoms with Crippen LogP contribution in [0.1, 0.15) is 28.8 Å². The zero-order chi connectivity index (χ0) is 20.3. The number of ether oxygens (including phenoxy) is 1. The Morgan fingerprint density at radius 3 is 2.64 bits per heavy atom. The number of rotatable bonds is 5. The zero-order valence-electron chi connectivity index (χ0n) is 15.7. The van der Waals surface area contributed by atoms with Gasteiger partial charge in [0.15, 0.2) is 0 Å². The highest BCUT2D eigenvalue weighted by Gasteiger charge is 2.16. The Balaban J connectivity index is 1.81. The molecule has 0 saturated heterocycles. The van der Waals surface area contributed by atoms with E-state index in [0.29, 0.717) is 10.2 Å². The molecular weight excluding hydrogens is 378 g/mol. The van der Waals surface area contributed by atoms with Gasteiger partial charge in [-0.1, -0.05) is 30.3 Å². The van der Waals surface area contributed by atoms with Crippen molar-refractivity contribution in [1.29, 1.82) is 0 Å². The van der Waals surface area contributed by atoms with Gasteiger partial charge >= 0.3 is 5.97 Å². The lowest BCUT2D eigenvalue weighted by Gasteiger charge is -2.09. The van der Waals surface area contributed by atoms with Crippen molar-refractivity contribution in [3.8, 4) is 0 Å². The highest BCUT2D eigenvalue weighted by molar-refractivity contribution is 7.18. The molecule has 0 aliphatic rings. The molecule has 0 unspecified atom stereocenters. The Kier molecular flexibility index (Phi) is 5.70. The van der Waals surface area contributed by atoms with E-state index in [2.05, 4.69) is 15.3 Å². The van der Waals surface area contributed by atoms with Gasteiger partial charge in [0.25, 0.3) is 5.56 Å². The third-order valence-corrected chi connectivity index (χ3v) is 5.17. The molecule has 0 aliphatic carbocycles. The summed E-state index contributed by atoms with van der Waals surface area (Å²) in [7, 11) is 0. The Morgan fingerprint density at radius 2 is 1.96 bits per heavy atom. The molecule has 8 heteroatoms. The second-order valence-electron chi connectivity index (χ2n) is 6.20. The second kappa shape index (κ2) is 8.18. The summed E-state index contributed by atoms with van der Waals surface area (Å²) in [6, 6.07) is 9.07. The Bertz CT molecular complexity index is 1130. The van der Waals surface area contributed by atoms with Crippen LogP contribution in [0, 0.1) is 13.8 Å². The summed E-state index contributed by atoms with van der Waals surface area (Å²) in [4.78, 5) is 44.8. The lowest BCUT2D eigenvalue weighted by atomic mass is 10.2. The summed E-state index contributed by atoms with van der Waals surface area (Å²) >= 11 is 1.42. The number of thiophene rings is 1. The minimum Gasteiger partial charge on any atom is -0.453 e. The molecule has 1 aromatic carbocycles. The van der Waals surface area contributed by atoms with Crippen LogP contribution in [0.15, 0.2) is 40.8 Å². The molecule has 7 nitrogen and oxygen atoms in total. The first-order valence-corrected chi connectivity index (χ1v) is 9.37. The third-order valence-electron chi connectivity index (χ3n) is 4.07. The van der Waals surface area contributed by atoms with Crippen molar-refractivity contribution in [3.63, 3.8) is 0 Å². The summed E-state index contributed by atoms with van der Waals surface area (Å²) in [5.74, 6) is -0.869. The van der Waals surface area contributed by atoms with E-state index in [4.69, 9.17) is 4.74 Å². The molecule has 0 aliphatic heterocycles. The summed E-state index contributed by atoms with van der Waals surface area (Å²) in [6.07, 6.45) is 1.52. The number of nitrogens with zero attached hydrogens (tertiary/aromatic N) is 1. The maximum atomic E-state index is 12.4. The fourth-order valence-corrected chi connectivity index (χ4v) is 3.68. The predicted molar refractivity (Wildman–Crippen MR) is 108 cm³/mol. The van der Waals surface area contributed by atoms with Gasteiger partial charge in [-0.05, 0) is 31.1 Å². The van der Waals surface area contributed by atoms with Gasteiger partial charge < -0.3 is 15.0 Å². The smallest absolute Gasteiger partial charge is 0.355 e. The number of carbonyl (C=O) groups excluding carboxylic acids is 2. The number of hydrogen-bond acceptors (Lipinski definition) is 6. The number of amides is 1. The van der Waals surface area contributed by atoms with Crippen molar-refractivity contribution in [3.05, 3.63) is 68.2 Å². The first-order chi connectivity index (χ1) is 13.3. The van der Waals surface area contributed by atoms with Crippen LogP contribution in [-0.2, 0) is 20.9 Å². The monoisotopic (exact) mass is 397 g/mol. The van der Waals surface area contributed by atoms with Crippen LogP contribution in [-0.4, -0.2) is 21.8 Å². The number of carbonyl (C=O) groups is 2. The molecule has 0 bridgehead atoms. The highest BCUT2D eigenvalue weighted by atomic mass is 32.1. The molecule has 28 heavy (non-hydrogen) atoms. The number of nitrogens with one attached hydrogen (secondary N) is 2. The Labute approximate surface area is 165 Å². The van der Waals surface area contributed by atoms with Gasteiger partial charge in [0.1, 0.15) is 23.0 Å². The van der Waals surface area contributed by atoms with Gasteiger partial charge in [-0.3, -0.25) is 9.59 Å². The fraction of sp³-hybridized carbons (Fsp3) is 0.200. The molecular formula is C20H19N3O4S. The van der Waals surface area contributed by atoms with Crippen molar-refractivity contribution in [2.45, 2.75) is 27.4 Å². The van der Waals surface area contributed by atoms with Gasteiger partial charge in [0.05, 0.1) is 5.39 Å². The van der Waals surface area contributed by atoms with Crippen LogP contribution in [0.25, 0.3) is 16.3 Å². The summed E-state index contributed by atoms with van der Waals surface area (Å²) in [5, 5.41) is 3.03. The number of hydrogen-bond donors (Lipinski definition) is 2. The summed E-state index contributed by atoms with van der Waals surface area (Å²) in [5.41, 5.74) is 1.38. The first kappa shape index (κ1) is 19.5. The van der Waals surface area contributed by atoms with Crippen molar-refractivity contribution in [1.82, 2.24) is 15.3 Å². The predicted octanol–water partition coefficient (Wildman–Crippen LogP) is 2.82. The number of esters is 1. The van der Waals surface area contributed by atoms with Crippen molar-refractivity contribution in [2.75, 3.05) is 0 Å². The van der Waals surface area contributed by atoms with E-state index >= 15 is 0 Å². The standard InChI is InChI=1S/C20H19N3O4S/c1-11-12(2)28-19-17(11)18(25)22-16(23-19)10-27-20(26)15(21-13(3)24)9-14-7-5-4-6-8-14/h4-9H,10H2,1-3H3,(H,21,24)(H,22,23,25)/b15-9-. The topological polar surface area (TPSA) is 101 Å². The van der Waals surface area contributed by atoms with Gasteiger partial charge in [-0.2, -0.15) is 0 Å². The Hall–Kier alpha value is -3.26. The van der Waals surface area contributed by atoms with Crippen LogP contribution in [0.4, 0.5) is 0 Å². The number of fused-ring (bicyclic) bond motifs is 1. The minimum atomic E-state index is -0.722.